The monoisotopic (exact) mass is 500 g/mol. The lowest BCUT2D eigenvalue weighted by Crippen LogP contribution is -2.40. The molecule has 1 atom stereocenters. The van der Waals surface area contributed by atoms with Crippen LogP contribution in [0.5, 0.6) is 0 Å². The molecule has 0 bridgehead atoms. The number of benzene rings is 1. The van der Waals surface area contributed by atoms with Crippen LogP contribution in [0.25, 0.3) is 0 Å². The van der Waals surface area contributed by atoms with E-state index in [-0.39, 0.29) is 36.1 Å². The Kier molecular flexibility index (Phi) is 7.73. The molecule has 1 heterocycles. The number of aliphatic imine (C=N–C) groups is 1. The minimum Gasteiger partial charge on any atom is -0.356 e. The van der Waals surface area contributed by atoms with Crippen LogP contribution in [0.15, 0.2) is 23.2 Å². The first kappa shape index (κ1) is 22.2. The van der Waals surface area contributed by atoms with Crippen molar-refractivity contribution in [3.63, 3.8) is 0 Å². The first-order valence-electron chi connectivity index (χ1n) is 8.91. The normalized spacial score (nSPS) is 21.1. The first-order valence-corrected chi connectivity index (χ1v) is 8.91. The second-order valence-corrected chi connectivity index (χ2v) is 6.99. The maximum absolute atomic E-state index is 13.2. The first-order chi connectivity index (χ1) is 12.4. The van der Waals surface area contributed by atoms with E-state index in [4.69, 9.17) is 0 Å². The highest BCUT2D eigenvalue weighted by Crippen LogP contribution is 2.33. The Bertz CT molecular complexity index is 661. The highest BCUT2D eigenvalue weighted by Gasteiger charge is 2.35. The molecule has 152 valence electrons. The summed E-state index contributed by atoms with van der Waals surface area (Å²) >= 11 is 0. The van der Waals surface area contributed by atoms with Crippen molar-refractivity contribution in [2.24, 2.45) is 10.9 Å². The van der Waals surface area contributed by atoms with E-state index in [1.807, 2.05) is 0 Å². The van der Waals surface area contributed by atoms with Gasteiger partial charge in [0.15, 0.2) is 5.96 Å². The van der Waals surface area contributed by atoms with Gasteiger partial charge < -0.3 is 15.5 Å². The predicted octanol–water partition coefficient (Wildman–Crippen LogP) is 3.61. The molecule has 0 radical (unpaired) electrons. The molecule has 1 aromatic carbocycles. The van der Waals surface area contributed by atoms with Crippen LogP contribution >= 0.6 is 24.0 Å². The number of nitrogens with zero attached hydrogens (tertiary/aromatic N) is 2. The van der Waals surface area contributed by atoms with Gasteiger partial charge in [-0.1, -0.05) is 6.07 Å². The number of halogens is 5. The van der Waals surface area contributed by atoms with Crippen molar-refractivity contribution in [3.05, 3.63) is 35.1 Å². The Morgan fingerprint density at radius 2 is 1.96 bits per heavy atom. The van der Waals surface area contributed by atoms with Crippen LogP contribution in [0.3, 0.4) is 0 Å². The summed E-state index contributed by atoms with van der Waals surface area (Å²) in [5.41, 5.74) is -0.973. The van der Waals surface area contributed by atoms with E-state index < -0.39 is 17.6 Å². The fourth-order valence-electron chi connectivity index (χ4n) is 3.41. The number of alkyl halides is 3. The van der Waals surface area contributed by atoms with Crippen LogP contribution in [-0.4, -0.2) is 43.6 Å². The van der Waals surface area contributed by atoms with Gasteiger partial charge in [0.1, 0.15) is 5.82 Å². The number of hydrogen-bond acceptors (Lipinski definition) is 2. The van der Waals surface area contributed by atoms with Crippen molar-refractivity contribution in [3.8, 4) is 0 Å². The molecule has 0 spiro atoms. The molecule has 2 fully saturated rings. The molecule has 1 saturated carbocycles. The predicted molar refractivity (Wildman–Crippen MR) is 108 cm³/mol. The molecule has 1 saturated heterocycles. The SMILES string of the molecule is CN=C(NCc1ccc(F)cc1C(F)(F)F)NCC1CCN(C2CC2)C1.I. The Hall–Kier alpha value is -1.10. The van der Waals surface area contributed by atoms with Gasteiger partial charge >= 0.3 is 6.18 Å². The number of nitrogens with one attached hydrogen (secondary N) is 2. The zero-order chi connectivity index (χ0) is 18.7. The lowest BCUT2D eigenvalue weighted by Gasteiger charge is -2.18. The van der Waals surface area contributed by atoms with Crippen LogP contribution in [0.4, 0.5) is 17.6 Å². The van der Waals surface area contributed by atoms with E-state index in [1.165, 1.54) is 12.8 Å². The van der Waals surface area contributed by atoms with E-state index in [9.17, 15) is 17.6 Å². The lowest BCUT2D eigenvalue weighted by atomic mass is 10.1. The van der Waals surface area contributed by atoms with E-state index >= 15 is 0 Å². The Balaban J connectivity index is 0.00000261. The van der Waals surface area contributed by atoms with Gasteiger partial charge in [-0.3, -0.25) is 4.99 Å². The summed E-state index contributed by atoms with van der Waals surface area (Å²) in [5.74, 6) is 0.0723. The topological polar surface area (TPSA) is 39.7 Å². The number of rotatable bonds is 5. The molecule has 1 aliphatic heterocycles. The van der Waals surface area contributed by atoms with Crippen molar-refractivity contribution < 1.29 is 17.6 Å². The van der Waals surface area contributed by atoms with Crippen molar-refractivity contribution in [2.75, 3.05) is 26.7 Å². The Morgan fingerprint density at radius 1 is 1.22 bits per heavy atom. The minimum absolute atomic E-state index is 0. The molecule has 27 heavy (non-hydrogen) atoms. The highest BCUT2D eigenvalue weighted by atomic mass is 127. The van der Waals surface area contributed by atoms with Gasteiger partial charge in [-0.2, -0.15) is 13.2 Å². The fraction of sp³-hybridized carbons (Fsp3) is 0.611. The second-order valence-electron chi connectivity index (χ2n) is 6.99. The van der Waals surface area contributed by atoms with Gasteiger partial charge in [0.05, 0.1) is 5.56 Å². The highest BCUT2D eigenvalue weighted by molar-refractivity contribution is 14.0. The summed E-state index contributed by atoms with van der Waals surface area (Å²) in [6.07, 6.45) is -0.881. The molecule has 1 aliphatic carbocycles. The number of guanidine groups is 1. The molecule has 4 nitrogen and oxygen atoms in total. The molecular formula is C18H25F4IN4. The average Bonchev–Trinajstić information content (AvgIpc) is 3.34. The van der Waals surface area contributed by atoms with Gasteiger partial charge in [-0.15, -0.1) is 24.0 Å². The van der Waals surface area contributed by atoms with Gasteiger partial charge in [0, 0.05) is 32.7 Å². The van der Waals surface area contributed by atoms with Crippen LogP contribution in [-0.2, 0) is 12.7 Å². The number of hydrogen-bond donors (Lipinski definition) is 2. The van der Waals surface area contributed by atoms with Crippen molar-refractivity contribution in [1.29, 1.82) is 0 Å². The summed E-state index contributed by atoms with van der Waals surface area (Å²) in [6.45, 7) is 2.84. The van der Waals surface area contributed by atoms with Crippen LogP contribution < -0.4 is 10.6 Å². The third kappa shape index (κ3) is 6.20. The molecule has 2 N–H and O–H groups in total. The Morgan fingerprint density at radius 3 is 2.59 bits per heavy atom. The fourth-order valence-corrected chi connectivity index (χ4v) is 3.41. The van der Waals surface area contributed by atoms with Crippen molar-refractivity contribution in [1.82, 2.24) is 15.5 Å². The average molecular weight is 500 g/mol. The van der Waals surface area contributed by atoms with Crippen LogP contribution in [0.1, 0.15) is 30.4 Å². The molecule has 1 unspecified atom stereocenters. The lowest BCUT2D eigenvalue weighted by molar-refractivity contribution is -0.138. The summed E-state index contributed by atoms with van der Waals surface area (Å²) in [4.78, 5) is 6.58. The summed E-state index contributed by atoms with van der Waals surface area (Å²) in [7, 11) is 1.58. The maximum atomic E-state index is 13.2. The van der Waals surface area contributed by atoms with E-state index in [1.54, 1.807) is 7.05 Å². The smallest absolute Gasteiger partial charge is 0.356 e. The molecule has 0 aromatic heterocycles. The van der Waals surface area contributed by atoms with Crippen molar-refractivity contribution >= 4 is 29.9 Å². The molecule has 3 rings (SSSR count). The quantitative estimate of drug-likeness (QED) is 0.281. The summed E-state index contributed by atoms with van der Waals surface area (Å²) in [5, 5.41) is 6.08. The molecular weight excluding hydrogens is 475 g/mol. The van der Waals surface area contributed by atoms with E-state index in [0.29, 0.717) is 17.9 Å². The maximum Gasteiger partial charge on any atom is 0.416 e. The van der Waals surface area contributed by atoms with E-state index in [0.717, 1.165) is 44.2 Å². The van der Waals surface area contributed by atoms with E-state index in [2.05, 4.69) is 20.5 Å². The zero-order valence-corrected chi connectivity index (χ0v) is 17.5. The Labute approximate surface area is 173 Å². The van der Waals surface area contributed by atoms with Gasteiger partial charge in [-0.25, -0.2) is 4.39 Å². The zero-order valence-electron chi connectivity index (χ0n) is 15.2. The third-order valence-electron chi connectivity index (χ3n) is 4.99. The third-order valence-corrected chi connectivity index (χ3v) is 4.99. The molecule has 0 amide bonds. The standard InChI is InChI=1S/C18H24F4N4.HI/c1-23-17(24-9-12-6-7-26(11-12)15-4-5-15)25-10-13-2-3-14(19)8-16(13)18(20,21)22;/h2-3,8,12,15H,4-7,9-11H2,1H3,(H2,23,24,25);1H. The molecule has 1 aromatic rings. The van der Waals surface area contributed by atoms with Gasteiger partial charge in [0.2, 0.25) is 0 Å². The van der Waals surface area contributed by atoms with Gasteiger partial charge in [0.25, 0.3) is 0 Å². The summed E-state index contributed by atoms with van der Waals surface area (Å²) < 4.78 is 52.3. The second kappa shape index (κ2) is 9.40. The summed E-state index contributed by atoms with van der Waals surface area (Å²) in [6, 6.07) is 3.48. The van der Waals surface area contributed by atoms with Gasteiger partial charge in [-0.05, 0) is 49.4 Å². The molecule has 9 heteroatoms. The largest absolute Gasteiger partial charge is 0.416 e. The van der Waals surface area contributed by atoms with Crippen LogP contribution in [0, 0.1) is 11.7 Å². The minimum atomic E-state index is -4.59. The number of likely N-dealkylation sites (tertiary alicyclic amines) is 1. The molecule has 2 aliphatic rings. The van der Waals surface area contributed by atoms with Crippen molar-refractivity contribution in [2.45, 2.75) is 38.0 Å². The van der Waals surface area contributed by atoms with Crippen LogP contribution in [0.2, 0.25) is 0 Å².